The molecule has 0 unspecified atom stereocenters. The van der Waals surface area contributed by atoms with E-state index in [-0.39, 0.29) is 0 Å². The maximum absolute atomic E-state index is 11.1. The third kappa shape index (κ3) is 6.11. The Morgan fingerprint density at radius 1 is 1.14 bits per heavy atom. The first kappa shape index (κ1) is 19.2. The normalized spacial score (nSPS) is 11.6. The summed E-state index contributed by atoms with van der Waals surface area (Å²) in [4.78, 5) is 31.8. The van der Waals surface area contributed by atoms with Gasteiger partial charge in [-0.15, -0.1) is 0 Å². The smallest absolute Gasteiger partial charge is 0.480 e. The van der Waals surface area contributed by atoms with Gasteiger partial charge in [-0.25, -0.2) is 14.4 Å². The number of hydrogen-bond acceptors (Lipinski definition) is 3. The first-order chi connectivity index (χ1) is 9.98. The van der Waals surface area contributed by atoms with Crippen LogP contribution in [0.2, 0.25) is 0 Å². The van der Waals surface area contributed by atoms with Gasteiger partial charge in [0.15, 0.2) is 0 Å². The number of anilines is 1. The lowest BCUT2D eigenvalue weighted by molar-refractivity contribution is -0.192. The van der Waals surface area contributed by atoms with Crippen LogP contribution in [0.1, 0.15) is 6.92 Å². The SMILES string of the molecule is C[C@@H](C(=O)O)N(C(N)=O)c1ccccc1.O=C(O)C(F)(F)F. The minimum atomic E-state index is -5.08. The van der Waals surface area contributed by atoms with Gasteiger partial charge < -0.3 is 15.9 Å². The van der Waals surface area contributed by atoms with Gasteiger partial charge in [0.2, 0.25) is 0 Å². The quantitative estimate of drug-likeness (QED) is 0.781. The van der Waals surface area contributed by atoms with Gasteiger partial charge in [-0.3, -0.25) is 4.90 Å². The number of para-hydroxylation sites is 1. The van der Waals surface area contributed by atoms with Crippen LogP contribution < -0.4 is 10.6 Å². The number of aliphatic carboxylic acids is 2. The van der Waals surface area contributed by atoms with E-state index in [9.17, 15) is 22.8 Å². The molecule has 10 heteroatoms. The molecule has 22 heavy (non-hydrogen) atoms. The Kier molecular flexibility index (Phi) is 6.87. The number of benzene rings is 1. The Labute approximate surface area is 122 Å². The highest BCUT2D eigenvalue weighted by atomic mass is 19.4. The number of carbonyl (C=O) groups is 3. The first-order valence-corrected chi connectivity index (χ1v) is 5.65. The number of nitrogens with two attached hydrogens (primary N) is 1. The molecule has 4 N–H and O–H groups in total. The van der Waals surface area contributed by atoms with Crippen molar-refractivity contribution in [3.8, 4) is 0 Å². The van der Waals surface area contributed by atoms with E-state index in [0.717, 1.165) is 4.90 Å². The third-order valence-electron chi connectivity index (χ3n) is 2.26. The number of primary amides is 1. The second-order valence-electron chi connectivity index (χ2n) is 3.86. The highest BCUT2D eigenvalue weighted by molar-refractivity contribution is 5.96. The number of carbonyl (C=O) groups excluding carboxylic acids is 1. The fourth-order valence-electron chi connectivity index (χ4n) is 1.24. The van der Waals surface area contributed by atoms with Crippen LogP contribution in [0, 0.1) is 0 Å². The number of hydrogen-bond donors (Lipinski definition) is 3. The van der Waals surface area contributed by atoms with Gasteiger partial charge in [-0.1, -0.05) is 18.2 Å². The van der Waals surface area contributed by atoms with E-state index in [0.29, 0.717) is 5.69 Å². The molecule has 1 aromatic carbocycles. The number of nitrogens with zero attached hydrogens (tertiary/aromatic N) is 1. The van der Waals surface area contributed by atoms with Gasteiger partial charge in [0, 0.05) is 5.69 Å². The van der Waals surface area contributed by atoms with Crippen LogP contribution in [0.4, 0.5) is 23.7 Å². The number of carboxylic acids is 2. The molecular formula is C12H13F3N2O5. The van der Waals surface area contributed by atoms with Crippen LogP contribution in [-0.2, 0) is 9.59 Å². The van der Waals surface area contributed by atoms with Crippen LogP contribution in [0.25, 0.3) is 0 Å². The molecule has 0 saturated heterocycles. The van der Waals surface area contributed by atoms with Gasteiger partial charge in [0.25, 0.3) is 0 Å². The van der Waals surface area contributed by atoms with Crippen LogP contribution in [0.3, 0.4) is 0 Å². The molecule has 1 atom stereocenters. The van der Waals surface area contributed by atoms with Crippen LogP contribution in [0.15, 0.2) is 30.3 Å². The predicted octanol–water partition coefficient (Wildman–Crippen LogP) is 1.68. The summed E-state index contributed by atoms with van der Waals surface area (Å²) in [6.07, 6.45) is -5.08. The first-order valence-electron chi connectivity index (χ1n) is 5.65. The van der Waals surface area contributed by atoms with Gasteiger partial charge >= 0.3 is 24.1 Å². The second kappa shape index (κ2) is 7.86. The summed E-state index contributed by atoms with van der Waals surface area (Å²) in [6, 6.07) is 6.68. The molecule has 1 aromatic rings. The van der Waals surface area contributed by atoms with Crippen molar-refractivity contribution >= 4 is 23.7 Å². The topological polar surface area (TPSA) is 121 Å². The van der Waals surface area contributed by atoms with Crippen molar-refractivity contribution in [3.63, 3.8) is 0 Å². The van der Waals surface area contributed by atoms with E-state index in [1.54, 1.807) is 30.3 Å². The van der Waals surface area contributed by atoms with Crippen LogP contribution >= 0.6 is 0 Å². The van der Waals surface area contributed by atoms with Crippen molar-refractivity contribution in [3.05, 3.63) is 30.3 Å². The standard InChI is InChI=1S/C10H12N2O3.C2HF3O2/c1-7(9(13)14)12(10(11)15)8-5-3-2-4-6-8;3-2(4,5)1(6)7/h2-7H,1H3,(H2,11,15)(H,13,14);(H,6,7)/t7-;/m0./s1. The van der Waals surface area contributed by atoms with E-state index in [2.05, 4.69) is 0 Å². The lowest BCUT2D eigenvalue weighted by Crippen LogP contribution is -2.46. The number of urea groups is 1. The zero-order valence-electron chi connectivity index (χ0n) is 11.2. The molecule has 122 valence electrons. The van der Waals surface area contributed by atoms with Crippen molar-refractivity contribution in [1.29, 1.82) is 0 Å². The Morgan fingerprint density at radius 3 is 1.82 bits per heavy atom. The number of amides is 2. The number of rotatable bonds is 3. The number of halogens is 3. The zero-order valence-corrected chi connectivity index (χ0v) is 11.2. The average molecular weight is 322 g/mol. The lowest BCUT2D eigenvalue weighted by atomic mass is 10.2. The van der Waals surface area contributed by atoms with E-state index < -0.39 is 30.2 Å². The van der Waals surface area contributed by atoms with Crippen LogP contribution in [-0.4, -0.2) is 40.4 Å². The molecule has 0 fully saturated rings. The molecule has 0 heterocycles. The average Bonchev–Trinajstić information content (AvgIpc) is 2.39. The third-order valence-corrected chi connectivity index (χ3v) is 2.26. The summed E-state index contributed by atoms with van der Waals surface area (Å²) in [5, 5.41) is 15.9. The summed E-state index contributed by atoms with van der Waals surface area (Å²) in [5.41, 5.74) is 5.60. The lowest BCUT2D eigenvalue weighted by Gasteiger charge is -2.24. The molecule has 0 saturated carbocycles. The summed E-state index contributed by atoms with van der Waals surface area (Å²) < 4.78 is 31.7. The second-order valence-corrected chi connectivity index (χ2v) is 3.86. The molecule has 0 bridgehead atoms. The Bertz CT molecular complexity index is 533. The number of alkyl halides is 3. The Hall–Kier alpha value is -2.78. The highest BCUT2D eigenvalue weighted by Crippen LogP contribution is 2.16. The Morgan fingerprint density at radius 2 is 1.55 bits per heavy atom. The monoisotopic (exact) mass is 322 g/mol. The van der Waals surface area contributed by atoms with E-state index >= 15 is 0 Å². The highest BCUT2D eigenvalue weighted by Gasteiger charge is 2.38. The minimum absolute atomic E-state index is 0.472. The number of carboxylic acid groups (broad SMARTS) is 2. The maximum Gasteiger partial charge on any atom is 0.490 e. The van der Waals surface area contributed by atoms with Crippen molar-refractivity contribution < 1.29 is 37.8 Å². The fourth-order valence-corrected chi connectivity index (χ4v) is 1.24. The van der Waals surface area contributed by atoms with Crippen molar-refractivity contribution in [1.82, 2.24) is 0 Å². The van der Waals surface area contributed by atoms with Crippen molar-refractivity contribution in [2.75, 3.05) is 4.90 Å². The minimum Gasteiger partial charge on any atom is -0.480 e. The largest absolute Gasteiger partial charge is 0.490 e. The van der Waals surface area contributed by atoms with Crippen LogP contribution in [0.5, 0.6) is 0 Å². The predicted molar refractivity (Wildman–Crippen MR) is 69.3 cm³/mol. The molecular weight excluding hydrogens is 309 g/mol. The van der Waals surface area contributed by atoms with Crippen molar-refractivity contribution in [2.24, 2.45) is 5.73 Å². The summed E-state index contributed by atoms with van der Waals surface area (Å²) in [6.45, 7) is 1.40. The molecule has 0 aromatic heterocycles. The van der Waals surface area contributed by atoms with E-state index in [1.165, 1.54) is 6.92 Å². The molecule has 0 aliphatic carbocycles. The fraction of sp³-hybridized carbons (Fsp3) is 0.250. The maximum atomic E-state index is 11.1. The molecule has 0 radical (unpaired) electrons. The van der Waals surface area contributed by atoms with Gasteiger partial charge in [-0.2, -0.15) is 13.2 Å². The molecule has 0 spiro atoms. The van der Waals surface area contributed by atoms with E-state index in [1.807, 2.05) is 0 Å². The molecule has 7 nitrogen and oxygen atoms in total. The zero-order chi connectivity index (χ0) is 17.5. The van der Waals surface area contributed by atoms with Gasteiger partial charge in [0.05, 0.1) is 0 Å². The molecule has 2 amide bonds. The van der Waals surface area contributed by atoms with Gasteiger partial charge in [-0.05, 0) is 19.1 Å². The van der Waals surface area contributed by atoms with Gasteiger partial charge in [0.1, 0.15) is 6.04 Å². The van der Waals surface area contributed by atoms with Crippen molar-refractivity contribution in [2.45, 2.75) is 19.1 Å². The molecule has 1 rings (SSSR count). The summed E-state index contributed by atoms with van der Waals surface area (Å²) in [5.74, 6) is -3.86. The summed E-state index contributed by atoms with van der Waals surface area (Å²) in [7, 11) is 0. The summed E-state index contributed by atoms with van der Waals surface area (Å²) >= 11 is 0. The van der Waals surface area contributed by atoms with E-state index in [4.69, 9.17) is 20.7 Å². The molecule has 0 aliphatic rings. The molecule has 0 aliphatic heterocycles. The Balaban J connectivity index is 0.000000534.